The second-order valence-corrected chi connectivity index (χ2v) is 2.14. The van der Waals surface area contributed by atoms with Crippen LogP contribution >= 0.6 is 0 Å². The van der Waals surface area contributed by atoms with Crippen LogP contribution in [0.1, 0.15) is 0 Å². The molecule has 13 heavy (non-hydrogen) atoms. The molecule has 72 valence electrons. The number of hydrogen-bond acceptors (Lipinski definition) is 2. The van der Waals surface area contributed by atoms with Gasteiger partial charge in [0.25, 0.3) is 5.82 Å². The van der Waals surface area contributed by atoms with Crippen LogP contribution in [0, 0.1) is 22.5 Å². The molecule has 0 radical (unpaired) electrons. The van der Waals surface area contributed by atoms with Crippen molar-refractivity contribution >= 4 is 6.42 Å². The quantitative estimate of drug-likeness (QED) is 0.479. The molecule has 0 aromatic rings. The van der Waals surface area contributed by atoms with E-state index in [9.17, 15) is 26.3 Å². The smallest absolute Gasteiger partial charge is 0.422 e. The molecule has 0 aliphatic carbocycles. The summed E-state index contributed by atoms with van der Waals surface area (Å²) in [7, 11) is 0. The maximum absolute atomic E-state index is 12.4. The topological polar surface area (TPSA) is 47.6 Å². The molecular weight excluding hydrogens is 201 g/mol. The Morgan fingerprint density at radius 2 is 1.23 bits per heavy atom. The standard InChI is InChI=1S/C4BF6N2/c6-3(7,4(8,9)10)5(11,1-12)2-13/q-1. The van der Waals surface area contributed by atoms with Gasteiger partial charge in [0, 0.05) is 0 Å². The fourth-order valence-electron chi connectivity index (χ4n) is 0.417. The summed E-state index contributed by atoms with van der Waals surface area (Å²) < 4.78 is 70.8. The molecule has 0 aromatic carbocycles. The van der Waals surface area contributed by atoms with Crippen LogP contribution in [0.5, 0.6) is 0 Å². The zero-order valence-electron chi connectivity index (χ0n) is 5.74. The highest BCUT2D eigenvalue weighted by atomic mass is 19.4. The minimum Gasteiger partial charge on any atom is -0.476 e. The van der Waals surface area contributed by atoms with E-state index >= 15 is 0 Å². The third-order valence-electron chi connectivity index (χ3n) is 1.23. The molecule has 0 amide bonds. The van der Waals surface area contributed by atoms with Crippen LogP contribution in [0.4, 0.5) is 26.3 Å². The highest BCUT2D eigenvalue weighted by molar-refractivity contribution is 6.89. The van der Waals surface area contributed by atoms with Crippen LogP contribution in [0.25, 0.3) is 0 Å². The van der Waals surface area contributed by atoms with E-state index in [2.05, 4.69) is 0 Å². The Balaban J connectivity index is 5.32. The van der Waals surface area contributed by atoms with Crippen LogP contribution in [0.15, 0.2) is 0 Å². The van der Waals surface area contributed by atoms with Gasteiger partial charge in [0.05, 0.1) is 0 Å². The van der Waals surface area contributed by atoms with Crippen LogP contribution in [0.2, 0.25) is 0 Å². The molecular formula is C4BF6N2-. The van der Waals surface area contributed by atoms with E-state index in [4.69, 9.17) is 10.5 Å². The average molecular weight is 201 g/mol. The first kappa shape index (κ1) is 11.6. The fourth-order valence-corrected chi connectivity index (χ4v) is 0.417. The Kier molecular flexibility index (Phi) is 2.54. The summed E-state index contributed by atoms with van der Waals surface area (Å²) in [5, 5.41) is 15.4. The molecule has 0 rings (SSSR count). The van der Waals surface area contributed by atoms with Crippen molar-refractivity contribution in [2.45, 2.75) is 12.0 Å². The first-order valence-corrected chi connectivity index (χ1v) is 2.73. The summed E-state index contributed by atoms with van der Waals surface area (Å²) in [6.45, 7) is 0. The molecule has 0 heterocycles. The van der Waals surface area contributed by atoms with Gasteiger partial charge in [-0.3, -0.25) is 0 Å². The predicted octanol–water partition coefficient (Wildman–Crippen LogP) is 1.76. The summed E-state index contributed by atoms with van der Waals surface area (Å²) >= 11 is 0. The summed E-state index contributed by atoms with van der Waals surface area (Å²) in [5.41, 5.74) is 0. The molecule has 0 unspecified atom stereocenters. The summed E-state index contributed by atoms with van der Waals surface area (Å²) in [6.07, 6.45) is -11.8. The third-order valence-corrected chi connectivity index (χ3v) is 1.23. The van der Waals surface area contributed by atoms with Gasteiger partial charge in [-0.2, -0.15) is 13.2 Å². The number of nitriles is 2. The molecule has 0 spiro atoms. The van der Waals surface area contributed by atoms with Crippen LogP contribution < -0.4 is 0 Å². The minimum absolute atomic E-state index is 0.0397. The second kappa shape index (κ2) is 2.84. The molecule has 0 bridgehead atoms. The van der Waals surface area contributed by atoms with E-state index in [0.717, 1.165) is 0 Å². The Morgan fingerprint density at radius 3 is 1.31 bits per heavy atom. The monoisotopic (exact) mass is 201 g/mol. The molecule has 2 nitrogen and oxygen atoms in total. The molecule has 0 aromatic heterocycles. The lowest BCUT2D eigenvalue weighted by Gasteiger charge is -2.30. The first-order chi connectivity index (χ1) is 5.62. The Bertz CT molecular complexity index is 268. The molecule has 0 fully saturated rings. The van der Waals surface area contributed by atoms with Gasteiger partial charge in [-0.25, -0.2) is 19.3 Å². The number of rotatable bonds is 1. The van der Waals surface area contributed by atoms with Crippen LogP contribution in [-0.2, 0) is 0 Å². The second-order valence-electron chi connectivity index (χ2n) is 2.14. The molecule has 0 aliphatic rings. The molecule has 0 N–H and O–H groups in total. The zero-order valence-corrected chi connectivity index (χ0v) is 5.74. The number of halogens is 6. The normalized spacial score (nSPS) is 13.2. The Labute approximate surface area is 68.3 Å². The van der Waals surface area contributed by atoms with Gasteiger partial charge in [-0.05, 0) is 0 Å². The van der Waals surface area contributed by atoms with Crippen molar-refractivity contribution in [1.82, 2.24) is 0 Å². The lowest BCUT2D eigenvalue weighted by molar-refractivity contribution is -0.248. The van der Waals surface area contributed by atoms with Crippen LogP contribution in [-0.4, -0.2) is 18.4 Å². The van der Waals surface area contributed by atoms with Crippen molar-refractivity contribution in [3.63, 3.8) is 0 Å². The van der Waals surface area contributed by atoms with Crippen molar-refractivity contribution < 1.29 is 26.3 Å². The predicted molar refractivity (Wildman–Crippen MR) is 29.1 cm³/mol. The van der Waals surface area contributed by atoms with Gasteiger partial charge in [-0.15, -0.1) is 0 Å². The molecule has 9 heteroatoms. The van der Waals surface area contributed by atoms with Gasteiger partial charge in [0.1, 0.15) is 0 Å². The summed E-state index contributed by atoms with van der Waals surface area (Å²) in [6, 6.07) is 0. The average Bonchev–Trinajstić information content (AvgIpc) is 2.00. The van der Waals surface area contributed by atoms with E-state index in [1.807, 2.05) is 0 Å². The largest absolute Gasteiger partial charge is 0.476 e. The highest BCUT2D eigenvalue weighted by Gasteiger charge is 2.67. The molecule has 0 saturated carbocycles. The van der Waals surface area contributed by atoms with Gasteiger partial charge in [0.2, 0.25) is 0 Å². The Hall–Kier alpha value is -1.38. The van der Waals surface area contributed by atoms with Crippen molar-refractivity contribution in [2.24, 2.45) is 0 Å². The number of nitrogens with zero attached hydrogens (tertiary/aromatic N) is 2. The van der Waals surface area contributed by atoms with Crippen molar-refractivity contribution in [3.05, 3.63) is 0 Å². The SMILES string of the molecule is N#C[B-](F)(C#N)C(F)(F)C(F)(F)F. The summed E-state index contributed by atoms with van der Waals surface area (Å²) in [4.78, 5) is 0. The van der Waals surface area contributed by atoms with Crippen molar-refractivity contribution in [3.8, 4) is 11.9 Å². The lowest BCUT2D eigenvalue weighted by atomic mass is 9.41. The highest BCUT2D eigenvalue weighted by Crippen LogP contribution is 2.42. The lowest BCUT2D eigenvalue weighted by Crippen LogP contribution is -2.57. The zero-order chi connectivity index (χ0) is 10.9. The van der Waals surface area contributed by atoms with E-state index in [1.54, 1.807) is 0 Å². The minimum atomic E-state index is -6.24. The maximum Gasteiger partial charge on any atom is 0.422 e. The summed E-state index contributed by atoms with van der Waals surface area (Å²) in [5.74, 6) is -5.85. The van der Waals surface area contributed by atoms with Crippen LogP contribution in [0.3, 0.4) is 0 Å². The van der Waals surface area contributed by atoms with E-state index < -0.39 is 18.4 Å². The van der Waals surface area contributed by atoms with E-state index in [1.165, 1.54) is 0 Å². The fraction of sp³-hybridized carbons (Fsp3) is 0.500. The number of hydrogen-bond donors (Lipinski definition) is 0. The molecule has 0 atom stereocenters. The number of alkyl halides is 5. The first-order valence-electron chi connectivity index (χ1n) is 2.73. The van der Waals surface area contributed by atoms with Gasteiger partial charge < -0.3 is 4.32 Å². The van der Waals surface area contributed by atoms with E-state index in [-0.39, 0.29) is 11.9 Å². The van der Waals surface area contributed by atoms with Gasteiger partial charge in [-0.1, -0.05) is 11.9 Å². The maximum atomic E-state index is 12.4. The molecule has 0 saturated heterocycles. The van der Waals surface area contributed by atoms with Crippen molar-refractivity contribution in [2.75, 3.05) is 0 Å². The van der Waals surface area contributed by atoms with Gasteiger partial charge >= 0.3 is 12.6 Å². The van der Waals surface area contributed by atoms with Gasteiger partial charge in [0.15, 0.2) is 0 Å². The third kappa shape index (κ3) is 1.54. The van der Waals surface area contributed by atoms with E-state index in [0.29, 0.717) is 0 Å². The molecule has 0 aliphatic heterocycles. The Morgan fingerprint density at radius 1 is 0.923 bits per heavy atom. The van der Waals surface area contributed by atoms with Crippen molar-refractivity contribution in [1.29, 1.82) is 10.5 Å².